The summed E-state index contributed by atoms with van der Waals surface area (Å²) in [7, 11) is 0. The van der Waals surface area contributed by atoms with Gasteiger partial charge >= 0.3 is 0 Å². The van der Waals surface area contributed by atoms with Gasteiger partial charge in [-0.15, -0.1) is 11.3 Å². The molecule has 0 unspecified atom stereocenters. The lowest BCUT2D eigenvalue weighted by atomic mass is 10.5. The van der Waals surface area contributed by atoms with E-state index in [0.717, 1.165) is 24.9 Å². The molecule has 1 aromatic heterocycles. The lowest BCUT2D eigenvalue weighted by molar-refractivity contribution is 0.131. The Kier molecular flexibility index (Phi) is 3.50. The van der Waals surface area contributed by atoms with Crippen LogP contribution < -0.4 is 5.32 Å². The summed E-state index contributed by atoms with van der Waals surface area (Å²) < 4.78 is 5.29. The Morgan fingerprint density at radius 3 is 3.21 bits per heavy atom. The van der Waals surface area contributed by atoms with Gasteiger partial charge in [-0.2, -0.15) is 0 Å². The molecule has 0 radical (unpaired) electrons. The van der Waals surface area contributed by atoms with E-state index in [1.165, 1.54) is 17.8 Å². The van der Waals surface area contributed by atoms with E-state index in [-0.39, 0.29) is 0 Å². The van der Waals surface area contributed by atoms with Crippen LogP contribution in [0.15, 0.2) is 5.38 Å². The Balaban J connectivity index is 1.76. The molecular formula is C10H16N2OS. The summed E-state index contributed by atoms with van der Waals surface area (Å²) in [5.41, 5.74) is 1.06. The summed E-state index contributed by atoms with van der Waals surface area (Å²) in [4.78, 5) is 4.48. The SMILES string of the molecule is CCOCc1csc(CNC2CC2)n1. The summed E-state index contributed by atoms with van der Waals surface area (Å²) >= 11 is 1.72. The third kappa shape index (κ3) is 3.04. The molecule has 0 spiro atoms. The molecule has 1 heterocycles. The van der Waals surface area contributed by atoms with Gasteiger partial charge in [0.15, 0.2) is 0 Å². The highest BCUT2D eigenvalue weighted by atomic mass is 32.1. The fraction of sp³-hybridized carbons (Fsp3) is 0.700. The maximum absolute atomic E-state index is 5.29. The number of hydrogen-bond donors (Lipinski definition) is 1. The van der Waals surface area contributed by atoms with Gasteiger partial charge in [0.1, 0.15) is 5.01 Å². The van der Waals surface area contributed by atoms with Crippen molar-refractivity contribution in [2.75, 3.05) is 6.61 Å². The number of nitrogens with zero attached hydrogens (tertiary/aromatic N) is 1. The minimum Gasteiger partial charge on any atom is -0.375 e. The Morgan fingerprint density at radius 2 is 2.50 bits per heavy atom. The van der Waals surface area contributed by atoms with Gasteiger partial charge in [-0.1, -0.05) is 0 Å². The maximum atomic E-state index is 5.29. The largest absolute Gasteiger partial charge is 0.375 e. The maximum Gasteiger partial charge on any atom is 0.107 e. The van der Waals surface area contributed by atoms with Gasteiger partial charge in [-0.25, -0.2) is 4.98 Å². The molecule has 14 heavy (non-hydrogen) atoms. The first-order chi connectivity index (χ1) is 6.88. The Hall–Kier alpha value is -0.450. The van der Waals surface area contributed by atoms with Gasteiger partial charge < -0.3 is 10.1 Å². The fourth-order valence-corrected chi connectivity index (χ4v) is 1.95. The van der Waals surface area contributed by atoms with Gasteiger partial charge in [-0.05, 0) is 19.8 Å². The zero-order valence-electron chi connectivity index (χ0n) is 8.45. The topological polar surface area (TPSA) is 34.1 Å². The Labute approximate surface area is 88.5 Å². The van der Waals surface area contributed by atoms with Crippen LogP contribution in [-0.2, 0) is 17.9 Å². The summed E-state index contributed by atoms with van der Waals surface area (Å²) in [6.07, 6.45) is 2.66. The number of thiazole rings is 1. The van der Waals surface area contributed by atoms with E-state index in [9.17, 15) is 0 Å². The molecule has 0 aliphatic heterocycles. The molecule has 0 bridgehead atoms. The van der Waals surface area contributed by atoms with Gasteiger partial charge in [0.25, 0.3) is 0 Å². The first kappa shape index (κ1) is 10.1. The molecule has 1 aliphatic carbocycles. The molecule has 1 aliphatic rings. The second-order valence-corrected chi connectivity index (χ2v) is 4.47. The van der Waals surface area contributed by atoms with Crippen LogP contribution in [0.25, 0.3) is 0 Å². The first-order valence-electron chi connectivity index (χ1n) is 5.13. The lowest BCUT2D eigenvalue weighted by Gasteiger charge is -1.97. The highest BCUT2D eigenvalue weighted by Gasteiger charge is 2.20. The molecule has 1 N–H and O–H groups in total. The zero-order chi connectivity index (χ0) is 9.80. The first-order valence-corrected chi connectivity index (χ1v) is 6.01. The third-order valence-corrected chi connectivity index (χ3v) is 3.07. The molecule has 0 saturated heterocycles. The van der Waals surface area contributed by atoms with Crippen molar-refractivity contribution in [2.24, 2.45) is 0 Å². The molecule has 1 aromatic rings. The standard InChI is InChI=1S/C10H16N2OS/c1-2-13-6-9-7-14-10(12-9)5-11-8-3-4-8/h7-8,11H,2-6H2,1H3. The number of hydrogen-bond acceptors (Lipinski definition) is 4. The van der Waals surface area contributed by atoms with Gasteiger partial charge in [-0.3, -0.25) is 0 Å². The van der Waals surface area contributed by atoms with Crippen LogP contribution in [0.1, 0.15) is 30.5 Å². The van der Waals surface area contributed by atoms with Gasteiger partial charge in [0, 0.05) is 24.6 Å². The highest BCUT2D eigenvalue weighted by Crippen LogP contribution is 2.20. The molecule has 2 rings (SSSR count). The van der Waals surface area contributed by atoms with E-state index in [2.05, 4.69) is 15.7 Å². The van der Waals surface area contributed by atoms with E-state index in [1.54, 1.807) is 11.3 Å². The van der Waals surface area contributed by atoms with Crippen LogP contribution in [-0.4, -0.2) is 17.6 Å². The number of nitrogens with one attached hydrogen (secondary N) is 1. The van der Waals surface area contributed by atoms with E-state index in [4.69, 9.17) is 4.74 Å². The minimum absolute atomic E-state index is 0.649. The average molecular weight is 212 g/mol. The van der Waals surface area contributed by atoms with Gasteiger partial charge in [0.2, 0.25) is 0 Å². The summed E-state index contributed by atoms with van der Waals surface area (Å²) in [5.74, 6) is 0. The second kappa shape index (κ2) is 4.87. The van der Waals surface area contributed by atoms with Crippen LogP contribution in [0.5, 0.6) is 0 Å². The Bertz CT molecular complexity index is 283. The van der Waals surface area contributed by atoms with Crippen molar-refractivity contribution in [3.8, 4) is 0 Å². The third-order valence-electron chi connectivity index (χ3n) is 2.17. The highest BCUT2D eigenvalue weighted by molar-refractivity contribution is 7.09. The normalized spacial score (nSPS) is 16.1. The van der Waals surface area contributed by atoms with E-state index >= 15 is 0 Å². The van der Waals surface area contributed by atoms with Crippen LogP contribution in [0.2, 0.25) is 0 Å². The Morgan fingerprint density at radius 1 is 1.64 bits per heavy atom. The van der Waals surface area contributed by atoms with Crippen molar-refractivity contribution >= 4 is 11.3 Å². The molecule has 0 atom stereocenters. The van der Waals surface area contributed by atoms with Crippen molar-refractivity contribution in [1.29, 1.82) is 0 Å². The van der Waals surface area contributed by atoms with Crippen molar-refractivity contribution in [3.63, 3.8) is 0 Å². The number of rotatable bonds is 6. The number of aromatic nitrogens is 1. The predicted molar refractivity (Wildman–Crippen MR) is 57.3 cm³/mol. The monoisotopic (exact) mass is 212 g/mol. The molecule has 1 fully saturated rings. The van der Waals surface area contributed by atoms with Crippen molar-refractivity contribution in [1.82, 2.24) is 10.3 Å². The minimum atomic E-state index is 0.649. The molecule has 0 amide bonds. The molecule has 3 nitrogen and oxygen atoms in total. The predicted octanol–water partition coefficient (Wildman–Crippen LogP) is 1.93. The van der Waals surface area contributed by atoms with Crippen LogP contribution >= 0.6 is 11.3 Å². The molecule has 4 heteroatoms. The summed E-state index contributed by atoms with van der Waals surface area (Å²) in [6, 6.07) is 0.759. The van der Waals surface area contributed by atoms with E-state index in [1.807, 2.05) is 6.92 Å². The smallest absolute Gasteiger partial charge is 0.107 e. The van der Waals surface area contributed by atoms with Crippen LogP contribution in [0.4, 0.5) is 0 Å². The van der Waals surface area contributed by atoms with Crippen molar-refractivity contribution in [2.45, 2.75) is 39.0 Å². The average Bonchev–Trinajstić information content (AvgIpc) is 2.92. The molecular weight excluding hydrogens is 196 g/mol. The summed E-state index contributed by atoms with van der Waals surface area (Å²) in [5, 5.41) is 6.71. The van der Waals surface area contributed by atoms with E-state index < -0.39 is 0 Å². The van der Waals surface area contributed by atoms with Crippen molar-refractivity contribution in [3.05, 3.63) is 16.1 Å². The zero-order valence-corrected chi connectivity index (χ0v) is 9.27. The lowest BCUT2D eigenvalue weighted by Crippen LogP contribution is -2.15. The summed E-state index contributed by atoms with van der Waals surface area (Å²) in [6.45, 7) is 4.33. The van der Waals surface area contributed by atoms with Crippen LogP contribution in [0.3, 0.4) is 0 Å². The molecule has 0 aromatic carbocycles. The quantitative estimate of drug-likeness (QED) is 0.782. The van der Waals surface area contributed by atoms with Gasteiger partial charge in [0.05, 0.1) is 12.3 Å². The van der Waals surface area contributed by atoms with Crippen molar-refractivity contribution < 1.29 is 4.74 Å². The molecule has 78 valence electrons. The van der Waals surface area contributed by atoms with E-state index in [0.29, 0.717) is 6.61 Å². The number of ether oxygens (including phenoxy) is 1. The molecule has 1 saturated carbocycles. The second-order valence-electron chi connectivity index (χ2n) is 3.52. The van der Waals surface area contributed by atoms with Crippen LogP contribution in [0, 0.1) is 0 Å². The fourth-order valence-electron chi connectivity index (χ4n) is 1.22.